The van der Waals surface area contributed by atoms with Crippen molar-refractivity contribution in [3.63, 3.8) is 0 Å². The van der Waals surface area contributed by atoms with Crippen LogP contribution in [0.5, 0.6) is 0 Å². The van der Waals surface area contributed by atoms with Crippen LogP contribution in [0.1, 0.15) is 30.2 Å². The Hall–Kier alpha value is -1.73. The molecule has 0 radical (unpaired) electrons. The number of piperidine rings is 1. The normalized spacial score (nSPS) is 19.0. The molecule has 6 nitrogen and oxygen atoms in total. The van der Waals surface area contributed by atoms with Gasteiger partial charge in [-0.15, -0.1) is 11.3 Å². The van der Waals surface area contributed by atoms with E-state index in [1.807, 2.05) is 12.4 Å². The zero-order valence-corrected chi connectivity index (χ0v) is 14.5. The second-order valence-corrected chi connectivity index (χ2v) is 7.41. The van der Waals surface area contributed by atoms with Gasteiger partial charge in [-0.3, -0.25) is 14.4 Å². The summed E-state index contributed by atoms with van der Waals surface area (Å²) < 4.78 is 2.06. The first kappa shape index (κ1) is 16.1. The Bertz CT molecular complexity index is 665. The molecule has 2 aromatic heterocycles. The number of likely N-dealkylation sites (tertiary alicyclic amines) is 1. The number of hydrogen-bond donors (Lipinski definition) is 1. The van der Waals surface area contributed by atoms with Gasteiger partial charge in [0.25, 0.3) is 0 Å². The summed E-state index contributed by atoms with van der Waals surface area (Å²) in [5.74, 6) is 0.573. The van der Waals surface area contributed by atoms with E-state index < -0.39 is 0 Å². The molecule has 1 aliphatic heterocycles. The van der Waals surface area contributed by atoms with Gasteiger partial charge < -0.3 is 5.32 Å². The highest BCUT2D eigenvalue weighted by Gasteiger charge is 2.21. The summed E-state index contributed by atoms with van der Waals surface area (Å²) in [4.78, 5) is 19.0. The van der Waals surface area contributed by atoms with E-state index in [0.717, 1.165) is 26.2 Å². The van der Waals surface area contributed by atoms with Crippen molar-refractivity contribution in [3.8, 4) is 0 Å². The van der Waals surface area contributed by atoms with E-state index >= 15 is 0 Å². The molecule has 0 aliphatic carbocycles. The third-order valence-corrected chi connectivity index (χ3v) is 4.92. The largest absolute Gasteiger partial charge is 0.302 e. The number of amides is 1. The molecule has 3 heterocycles. The van der Waals surface area contributed by atoms with Gasteiger partial charge in [-0.05, 0) is 37.8 Å². The highest BCUT2D eigenvalue weighted by molar-refractivity contribution is 7.15. The average Bonchev–Trinajstić information content (AvgIpc) is 3.08. The smallest absolute Gasteiger partial charge is 0.223 e. The SMILES string of the molecule is CC(=O)Nc1ncc(CN2CCCC(Cn3cc(C)cn3)C2)s1. The monoisotopic (exact) mass is 333 g/mol. The van der Waals surface area contributed by atoms with E-state index in [1.54, 1.807) is 11.3 Å². The molecule has 124 valence electrons. The standard InChI is InChI=1S/C16H23N5OS/c1-12-6-18-21(8-12)10-14-4-3-5-20(9-14)11-15-7-17-16(23-15)19-13(2)22/h6-8,14H,3-5,9-11H2,1-2H3,(H,17,19,22). The van der Waals surface area contributed by atoms with Crippen molar-refractivity contribution in [2.45, 2.75) is 39.8 Å². The van der Waals surface area contributed by atoms with Gasteiger partial charge in [0.05, 0.1) is 6.20 Å². The predicted molar refractivity (Wildman–Crippen MR) is 91.4 cm³/mol. The van der Waals surface area contributed by atoms with Gasteiger partial charge in [-0.25, -0.2) is 4.98 Å². The zero-order valence-electron chi connectivity index (χ0n) is 13.7. The maximum absolute atomic E-state index is 11.1. The molecule has 1 unspecified atom stereocenters. The number of carbonyl (C=O) groups is 1. The number of carbonyl (C=O) groups excluding carboxylic acids is 1. The molecule has 1 N–H and O–H groups in total. The second-order valence-electron chi connectivity index (χ2n) is 6.30. The summed E-state index contributed by atoms with van der Waals surface area (Å²) in [5, 5.41) is 7.83. The van der Waals surface area contributed by atoms with E-state index in [-0.39, 0.29) is 5.91 Å². The maximum atomic E-state index is 11.1. The molecule has 3 rings (SSSR count). The van der Waals surface area contributed by atoms with E-state index in [2.05, 4.69) is 38.1 Å². The lowest BCUT2D eigenvalue weighted by atomic mass is 9.98. The lowest BCUT2D eigenvalue weighted by molar-refractivity contribution is -0.114. The van der Waals surface area contributed by atoms with Gasteiger partial charge in [0.15, 0.2) is 5.13 Å². The summed E-state index contributed by atoms with van der Waals surface area (Å²) in [7, 11) is 0. The summed E-state index contributed by atoms with van der Waals surface area (Å²) in [6.45, 7) is 7.70. The third kappa shape index (κ3) is 4.62. The fourth-order valence-corrected chi connectivity index (χ4v) is 3.99. The van der Waals surface area contributed by atoms with Crippen LogP contribution in [0, 0.1) is 12.8 Å². The van der Waals surface area contributed by atoms with Crippen LogP contribution in [-0.2, 0) is 17.9 Å². The molecule has 1 aliphatic rings. The summed E-state index contributed by atoms with van der Waals surface area (Å²) >= 11 is 1.56. The van der Waals surface area contributed by atoms with E-state index in [9.17, 15) is 4.79 Å². The molecule has 0 bridgehead atoms. The molecule has 1 saturated heterocycles. The molecule has 7 heteroatoms. The fourth-order valence-electron chi connectivity index (χ4n) is 3.08. The minimum absolute atomic E-state index is 0.0709. The number of nitrogens with one attached hydrogen (secondary N) is 1. The van der Waals surface area contributed by atoms with Crippen LogP contribution in [0.2, 0.25) is 0 Å². The summed E-state index contributed by atoms with van der Waals surface area (Å²) in [6, 6.07) is 0. The highest BCUT2D eigenvalue weighted by Crippen LogP contribution is 2.24. The number of thiazole rings is 1. The van der Waals surface area contributed by atoms with Crippen LogP contribution in [0.25, 0.3) is 0 Å². The van der Waals surface area contributed by atoms with Gasteiger partial charge >= 0.3 is 0 Å². The number of anilines is 1. The van der Waals surface area contributed by atoms with Gasteiger partial charge in [0, 0.05) is 43.8 Å². The molecule has 23 heavy (non-hydrogen) atoms. The van der Waals surface area contributed by atoms with Crippen molar-refractivity contribution in [1.82, 2.24) is 19.7 Å². The van der Waals surface area contributed by atoms with Crippen molar-refractivity contribution >= 4 is 22.4 Å². The number of nitrogens with zero attached hydrogens (tertiary/aromatic N) is 4. The molecule has 0 aromatic carbocycles. The fraction of sp³-hybridized carbons (Fsp3) is 0.562. The molecular weight excluding hydrogens is 310 g/mol. The maximum Gasteiger partial charge on any atom is 0.223 e. The zero-order chi connectivity index (χ0) is 16.2. The first-order valence-electron chi connectivity index (χ1n) is 8.02. The molecule has 0 saturated carbocycles. The topological polar surface area (TPSA) is 63.1 Å². The Morgan fingerprint density at radius 1 is 1.48 bits per heavy atom. The number of rotatable bonds is 5. The summed E-state index contributed by atoms with van der Waals surface area (Å²) in [6.07, 6.45) is 8.39. The average molecular weight is 333 g/mol. The first-order valence-corrected chi connectivity index (χ1v) is 8.84. The van der Waals surface area contributed by atoms with E-state index in [0.29, 0.717) is 11.0 Å². The van der Waals surface area contributed by atoms with Gasteiger partial charge in [-0.1, -0.05) is 0 Å². The minimum Gasteiger partial charge on any atom is -0.302 e. The molecule has 0 spiro atoms. The number of aromatic nitrogens is 3. The Balaban J connectivity index is 1.54. The lowest BCUT2D eigenvalue weighted by Gasteiger charge is -2.32. The van der Waals surface area contributed by atoms with Crippen LogP contribution in [0.4, 0.5) is 5.13 Å². The molecule has 1 fully saturated rings. The Morgan fingerprint density at radius 3 is 3.09 bits per heavy atom. The number of hydrogen-bond acceptors (Lipinski definition) is 5. The van der Waals surface area contributed by atoms with Crippen LogP contribution in [0.15, 0.2) is 18.6 Å². The van der Waals surface area contributed by atoms with Gasteiger partial charge in [0.2, 0.25) is 5.91 Å². The van der Waals surface area contributed by atoms with Crippen molar-refractivity contribution in [2.75, 3.05) is 18.4 Å². The predicted octanol–water partition coefficient (Wildman–Crippen LogP) is 2.52. The first-order chi connectivity index (χ1) is 11.1. The second kappa shape index (κ2) is 7.23. The quantitative estimate of drug-likeness (QED) is 0.913. The van der Waals surface area contributed by atoms with Gasteiger partial charge in [0.1, 0.15) is 0 Å². The van der Waals surface area contributed by atoms with E-state index in [1.165, 1.54) is 30.2 Å². The summed E-state index contributed by atoms with van der Waals surface area (Å²) in [5.41, 5.74) is 1.22. The Kier molecular flexibility index (Phi) is 5.07. The van der Waals surface area contributed by atoms with E-state index in [4.69, 9.17) is 0 Å². The number of aryl methyl sites for hydroxylation is 1. The van der Waals surface area contributed by atoms with Crippen molar-refractivity contribution in [3.05, 3.63) is 29.0 Å². The molecule has 1 amide bonds. The van der Waals surface area contributed by atoms with Crippen LogP contribution in [-0.4, -0.2) is 38.7 Å². The Labute approximate surface area is 140 Å². The lowest BCUT2D eigenvalue weighted by Crippen LogP contribution is -2.36. The molecular formula is C16H23N5OS. The van der Waals surface area contributed by atoms with Crippen molar-refractivity contribution < 1.29 is 4.79 Å². The molecule has 1 atom stereocenters. The third-order valence-electron chi connectivity index (χ3n) is 4.03. The van der Waals surface area contributed by atoms with Crippen LogP contribution >= 0.6 is 11.3 Å². The minimum atomic E-state index is -0.0709. The van der Waals surface area contributed by atoms with Crippen LogP contribution in [0.3, 0.4) is 0 Å². The van der Waals surface area contributed by atoms with Crippen molar-refractivity contribution in [2.24, 2.45) is 5.92 Å². The van der Waals surface area contributed by atoms with Crippen molar-refractivity contribution in [1.29, 1.82) is 0 Å². The Morgan fingerprint density at radius 2 is 2.35 bits per heavy atom. The van der Waals surface area contributed by atoms with Crippen LogP contribution < -0.4 is 5.32 Å². The van der Waals surface area contributed by atoms with Gasteiger partial charge in [-0.2, -0.15) is 5.10 Å². The molecule has 2 aromatic rings. The highest BCUT2D eigenvalue weighted by atomic mass is 32.1.